The smallest absolute Gasteiger partial charge is 0.257 e. The average molecular weight is 434 g/mol. The number of hydrogen-bond acceptors (Lipinski definition) is 4. The van der Waals surface area contributed by atoms with Gasteiger partial charge in [0.15, 0.2) is 5.11 Å². The van der Waals surface area contributed by atoms with Gasteiger partial charge in [0.2, 0.25) is 10.0 Å². The molecule has 0 fully saturated rings. The Morgan fingerprint density at radius 1 is 1.00 bits per heavy atom. The Morgan fingerprint density at radius 3 is 2.10 bits per heavy atom. The topological polar surface area (TPSA) is 87.3 Å². The summed E-state index contributed by atoms with van der Waals surface area (Å²) in [6, 6.07) is 13.4. The Morgan fingerprint density at radius 2 is 1.59 bits per heavy atom. The number of sulfonamides is 1. The van der Waals surface area contributed by atoms with E-state index in [1.54, 1.807) is 24.3 Å². The van der Waals surface area contributed by atoms with Crippen molar-refractivity contribution in [3.63, 3.8) is 0 Å². The Balaban J connectivity index is 1.97. The third-order valence-corrected chi connectivity index (χ3v) is 6.27. The van der Waals surface area contributed by atoms with Crippen LogP contribution in [0.5, 0.6) is 0 Å². The van der Waals surface area contributed by atoms with E-state index in [2.05, 4.69) is 29.2 Å². The van der Waals surface area contributed by atoms with Crippen LogP contribution < -0.4 is 15.4 Å². The lowest BCUT2D eigenvalue weighted by molar-refractivity contribution is 0.0977. The van der Waals surface area contributed by atoms with Crippen LogP contribution in [0.15, 0.2) is 53.4 Å². The van der Waals surface area contributed by atoms with Crippen LogP contribution in [-0.2, 0) is 10.0 Å². The molecule has 0 bridgehead atoms. The van der Waals surface area contributed by atoms with Crippen molar-refractivity contribution in [3.8, 4) is 0 Å². The maximum absolute atomic E-state index is 12.3. The minimum absolute atomic E-state index is 0.135. The number of benzene rings is 2. The molecule has 1 amide bonds. The molecule has 0 aromatic heterocycles. The molecule has 0 heterocycles. The van der Waals surface area contributed by atoms with Gasteiger partial charge in [-0.25, -0.2) is 13.1 Å². The lowest BCUT2D eigenvalue weighted by Crippen LogP contribution is -2.34. The fourth-order valence-corrected chi connectivity index (χ4v) is 4.03. The van der Waals surface area contributed by atoms with Gasteiger partial charge in [0, 0.05) is 17.3 Å². The molecule has 0 saturated heterocycles. The molecule has 2 rings (SSSR count). The maximum Gasteiger partial charge on any atom is 0.257 e. The molecule has 0 aliphatic carbocycles. The van der Waals surface area contributed by atoms with Gasteiger partial charge in [-0.2, -0.15) is 0 Å². The van der Waals surface area contributed by atoms with E-state index in [0.717, 1.165) is 5.56 Å². The molecule has 0 radical (unpaired) electrons. The normalized spacial score (nSPS) is 12.4. The van der Waals surface area contributed by atoms with Crippen LogP contribution in [0.2, 0.25) is 0 Å². The first-order chi connectivity index (χ1) is 13.6. The summed E-state index contributed by atoms with van der Waals surface area (Å²) < 4.78 is 27.2. The number of hydrogen-bond donors (Lipinski definition) is 3. The van der Waals surface area contributed by atoms with E-state index in [1.165, 1.54) is 12.1 Å². The lowest BCUT2D eigenvalue weighted by atomic mass is 10.0. The molecule has 2 aromatic rings. The third kappa shape index (κ3) is 6.62. The molecule has 6 nitrogen and oxygen atoms in total. The molecule has 0 aliphatic rings. The highest BCUT2D eigenvalue weighted by Gasteiger charge is 2.16. The van der Waals surface area contributed by atoms with Gasteiger partial charge in [-0.15, -0.1) is 0 Å². The highest BCUT2D eigenvalue weighted by molar-refractivity contribution is 7.89. The van der Waals surface area contributed by atoms with Crippen molar-refractivity contribution in [2.45, 2.75) is 51.0 Å². The number of nitrogens with one attached hydrogen (secondary N) is 3. The fourth-order valence-electron chi connectivity index (χ4n) is 2.49. The monoisotopic (exact) mass is 433 g/mol. The predicted molar refractivity (Wildman–Crippen MR) is 121 cm³/mol. The van der Waals surface area contributed by atoms with E-state index in [-0.39, 0.29) is 22.0 Å². The Hall–Kier alpha value is -2.29. The molecule has 156 valence electrons. The van der Waals surface area contributed by atoms with Gasteiger partial charge in [-0.05, 0) is 73.4 Å². The van der Waals surface area contributed by atoms with Crippen molar-refractivity contribution in [3.05, 3.63) is 59.7 Å². The van der Waals surface area contributed by atoms with Gasteiger partial charge < -0.3 is 5.32 Å². The van der Waals surface area contributed by atoms with Crippen molar-refractivity contribution in [1.82, 2.24) is 10.0 Å². The third-order valence-electron chi connectivity index (χ3n) is 4.46. The molecular formula is C21H27N3O3S2. The SMILES string of the molecule is CCC(C)NS(=O)(=O)c1ccc(NC(=S)NC(=O)c2ccc(C(C)C)cc2)cc1. The maximum atomic E-state index is 12.3. The summed E-state index contributed by atoms with van der Waals surface area (Å²) in [5.74, 6) is 0.0804. The van der Waals surface area contributed by atoms with Gasteiger partial charge in [-0.1, -0.05) is 32.9 Å². The predicted octanol–water partition coefficient (Wildman–Crippen LogP) is 4.01. The van der Waals surface area contributed by atoms with E-state index in [9.17, 15) is 13.2 Å². The molecule has 8 heteroatoms. The minimum atomic E-state index is -3.56. The Labute approximate surface area is 178 Å². The number of carbonyl (C=O) groups excluding carboxylic acids is 1. The van der Waals surface area contributed by atoms with E-state index in [4.69, 9.17) is 12.2 Å². The van der Waals surface area contributed by atoms with E-state index >= 15 is 0 Å². The van der Waals surface area contributed by atoms with Gasteiger partial charge in [0.05, 0.1) is 4.90 Å². The van der Waals surface area contributed by atoms with E-state index < -0.39 is 10.0 Å². The van der Waals surface area contributed by atoms with Gasteiger partial charge in [0.1, 0.15) is 0 Å². The summed E-state index contributed by atoms with van der Waals surface area (Å²) in [6.07, 6.45) is 0.701. The summed E-state index contributed by atoms with van der Waals surface area (Å²) in [4.78, 5) is 12.5. The molecule has 0 aliphatic heterocycles. The zero-order chi connectivity index (χ0) is 21.6. The Bertz CT molecular complexity index is 954. The molecule has 3 N–H and O–H groups in total. The molecule has 1 unspecified atom stereocenters. The number of amides is 1. The van der Waals surface area contributed by atoms with Crippen LogP contribution in [0.1, 0.15) is 56.0 Å². The lowest BCUT2D eigenvalue weighted by Gasteiger charge is -2.13. The quantitative estimate of drug-likeness (QED) is 0.574. The highest BCUT2D eigenvalue weighted by atomic mass is 32.2. The van der Waals surface area contributed by atoms with Crippen molar-refractivity contribution in [1.29, 1.82) is 0 Å². The zero-order valence-corrected chi connectivity index (χ0v) is 18.7. The first kappa shape index (κ1) is 23.0. The highest BCUT2D eigenvalue weighted by Crippen LogP contribution is 2.16. The van der Waals surface area contributed by atoms with Crippen LogP contribution in [-0.4, -0.2) is 25.5 Å². The summed E-state index contributed by atoms with van der Waals surface area (Å²) >= 11 is 5.18. The summed E-state index contributed by atoms with van der Waals surface area (Å²) in [5.41, 5.74) is 2.24. The first-order valence-corrected chi connectivity index (χ1v) is 11.4. The van der Waals surface area contributed by atoms with Gasteiger partial charge >= 0.3 is 0 Å². The number of thiocarbonyl (C=S) groups is 1. The molecule has 0 spiro atoms. The number of rotatable bonds is 7. The molecule has 1 atom stereocenters. The summed E-state index contributed by atoms with van der Waals surface area (Å²) in [5, 5.41) is 5.65. The summed E-state index contributed by atoms with van der Waals surface area (Å²) in [7, 11) is -3.56. The second-order valence-electron chi connectivity index (χ2n) is 7.14. The van der Waals surface area contributed by atoms with Crippen molar-refractivity contribution in [2.75, 3.05) is 5.32 Å². The molecule has 29 heavy (non-hydrogen) atoms. The molecule has 0 saturated carbocycles. The molecule has 2 aromatic carbocycles. The number of anilines is 1. The largest absolute Gasteiger partial charge is 0.332 e. The van der Waals surface area contributed by atoms with E-state index in [1.807, 2.05) is 26.0 Å². The van der Waals surface area contributed by atoms with Gasteiger partial charge in [-0.3, -0.25) is 10.1 Å². The van der Waals surface area contributed by atoms with Crippen LogP contribution in [0, 0.1) is 0 Å². The first-order valence-electron chi connectivity index (χ1n) is 9.47. The van der Waals surface area contributed by atoms with Crippen LogP contribution >= 0.6 is 12.2 Å². The zero-order valence-electron chi connectivity index (χ0n) is 17.0. The molecular weight excluding hydrogens is 406 g/mol. The Kier molecular flexibility index (Phi) is 7.89. The van der Waals surface area contributed by atoms with Crippen LogP contribution in [0.3, 0.4) is 0 Å². The fraction of sp³-hybridized carbons (Fsp3) is 0.333. The van der Waals surface area contributed by atoms with Crippen molar-refractivity contribution < 1.29 is 13.2 Å². The standard InChI is InChI=1S/C21H27N3O3S2/c1-5-15(4)24-29(26,27)19-12-10-18(11-13-19)22-21(28)23-20(25)17-8-6-16(7-9-17)14(2)3/h6-15,24H,5H2,1-4H3,(H2,22,23,25,28). The van der Waals surface area contributed by atoms with Crippen LogP contribution in [0.25, 0.3) is 0 Å². The van der Waals surface area contributed by atoms with E-state index in [0.29, 0.717) is 23.6 Å². The van der Waals surface area contributed by atoms with Gasteiger partial charge in [0.25, 0.3) is 5.91 Å². The summed E-state index contributed by atoms with van der Waals surface area (Å²) in [6.45, 7) is 7.90. The minimum Gasteiger partial charge on any atom is -0.332 e. The van der Waals surface area contributed by atoms with Crippen molar-refractivity contribution in [2.24, 2.45) is 0 Å². The second-order valence-corrected chi connectivity index (χ2v) is 9.26. The number of carbonyl (C=O) groups is 1. The van der Waals surface area contributed by atoms with Crippen LogP contribution in [0.4, 0.5) is 5.69 Å². The second kappa shape index (κ2) is 9.96. The van der Waals surface area contributed by atoms with Crippen molar-refractivity contribution >= 4 is 38.9 Å². The average Bonchev–Trinajstić information content (AvgIpc) is 2.67.